The number of amides is 2. The highest BCUT2D eigenvalue weighted by atomic mass is 16.2. The first-order valence-electron chi connectivity index (χ1n) is 9.18. The lowest BCUT2D eigenvalue weighted by atomic mass is 10.0. The number of rotatable bonds is 5. The molecule has 2 amide bonds. The fourth-order valence-corrected chi connectivity index (χ4v) is 2.64. The molecule has 1 aliphatic rings. The van der Waals surface area contributed by atoms with Crippen molar-refractivity contribution in [2.24, 2.45) is 0 Å². The number of anilines is 2. The predicted molar refractivity (Wildman–Crippen MR) is 117 cm³/mol. The van der Waals surface area contributed by atoms with Gasteiger partial charge in [0.05, 0.1) is 23.9 Å². The van der Waals surface area contributed by atoms with Gasteiger partial charge < -0.3 is 5.32 Å². The quantitative estimate of drug-likeness (QED) is 0.363. The van der Waals surface area contributed by atoms with E-state index in [9.17, 15) is 14.9 Å². The summed E-state index contributed by atoms with van der Waals surface area (Å²) in [4.78, 5) is 24.5. The topological polar surface area (TPSA) is 73.2 Å². The number of benzene rings is 2. The average Bonchev–Trinajstić information content (AvgIpc) is 3.11. The Morgan fingerprint density at radius 3 is 2.14 bits per heavy atom. The van der Waals surface area contributed by atoms with Crippen molar-refractivity contribution in [1.29, 1.82) is 5.26 Å². The number of nitrogens with zero attached hydrogens (tertiary/aromatic N) is 2. The molecular weight excluding hydrogens is 362 g/mol. The molecule has 0 saturated carbocycles. The van der Waals surface area contributed by atoms with E-state index in [0.717, 1.165) is 21.7 Å². The van der Waals surface area contributed by atoms with Crippen LogP contribution >= 0.6 is 0 Å². The van der Waals surface area contributed by atoms with Gasteiger partial charge in [-0.15, -0.1) is 6.42 Å². The van der Waals surface area contributed by atoms with Crippen LogP contribution in [0.25, 0.3) is 11.6 Å². The fraction of sp³-hybridized carbons (Fsp3) is 0.125. The molecule has 0 atom stereocenters. The van der Waals surface area contributed by atoms with Gasteiger partial charge in [-0.1, -0.05) is 44.0 Å². The van der Waals surface area contributed by atoms with Crippen LogP contribution in [0.4, 0.5) is 11.4 Å². The Bertz CT molecular complexity index is 1000. The van der Waals surface area contributed by atoms with Crippen LogP contribution in [0.2, 0.25) is 0 Å². The zero-order chi connectivity index (χ0) is 21.2. The van der Waals surface area contributed by atoms with Gasteiger partial charge in [0, 0.05) is 17.8 Å². The fourth-order valence-electron chi connectivity index (χ4n) is 2.64. The van der Waals surface area contributed by atoms with Crippen LogP contribution in [-0.4, -0.2) is 18.4 Å². The molecule has 0 unspecified atom stereocenters. The van der Waals surface area contributed by atoms with E-state index in [2.05, 4.69) is 17.3 Å². The summed E-state index contributed by atoms with van der Waals surface area (Å²) in [7, 11) is 0. The van der Waals surface area contributed by atoms with E-state index in [1.165, 1.54) is 12.2 Å². The summed E-state index contributed by atoms with van der Waals surface area (Å²) in [6.07, 6.45) is 9.45. The molecule has 0 bridgehead atoms. The van der Waals surface area contributed by atoms with Crippen molar-refractivity contribution in [1.82, 2.24) is 0 Å². The maximum absolute atomic E-state index is 11.7. The van der Waals surface area contributed by atoms with Crippen LogP contribution in [0.15, 0.2) is 60.7 Å². The number of hydrogen-bond acceptors (Lipinski definition) is 4. The Morgan fingerprint density at radius 1 is 1.03 bits per heavy atom. The number of terminal acetylenes is 1. The van der Waals surface area contributed by atoms with Crippen molar-refractivity contribution in [3.8, 4) is 18.4 Å². The minimum Gasteiger partial charge on any atom is -0.374 e. The molecule has 2 aromatic rings. The van der Waals surface area contributed by atoms with Crippen molar-refractivity contribution in [3.63, 3.8) is 0 Å². The molecular formula is C24H21N3O2. The van der Waals surface area contributed by atoms with Gasteiger partial charge in [0.1, 0.15) is 0 Å². The van der Waals surface area contributed by atoms with Gasteiger partial charge in [0.15, 0.2) is 0 Å². The Morgan fingerprint density at radius 2 is 1.62 bits per heavy atom. The van der Waals surface area contributed by atoms with Crippen LogP contribution in [-0.2, 0) is 9.59 Å². The second kappa shape index (κ2) is 10.3. The van der Waals surface area contributed by atoms with E-state index >= 15 is 0 Å². The van der Waals surface area contributed by atoms with Crippen molar-refractivity contribution in [2.45, 2.75) is 13.8 Å². The molecule has 0 spiro atoms. The molecule has 1 aliphatic heterocycles. The molecule has 0 fully saturated rings. The Kier molecular flexibility index (Phi) is 7.53. The summed E-state index contributed by atoms with van der Waals surface area (Å²) in [5.74, 6) is 1.78. The molecule has 29 heavy (non-hydrogen) atoms. The summed E-state index contributed by atoms with van der Waals surface area (Å²) < 4.78 is 0. The van der Waals surface area contributed by atoms with Gasteiger partial charge in [-0.2, -0.15) is 5.26 Å². The Hall–Kier alpha value is -4.09. The van der Waals surface area contributed by atoms with E-state index in [4.69, 9.17) is 6.42 Å². The number of nitriles is 1. The largest absolute Gasteiger partial charge is 0.374 e. The van der Waals surface area contributed by atoms with Gasteiger partial charge in [0.25, 0.3) is 11.8 Å². The lowest BCUT2D eigenvalue weighted by molar-refractivity contribution is -0.119. The summed E-state index contributed by atoms with van der Waals surface area (Å²) in [6.45, 7) is 4.43. The lowest BCUT2D eigenvalue weighted by Crippen LogP contribution is -2.29. The number of carbonyl (C=O) groups is 2. The van der Waals surface area contributed by atoms with Gasteiger partial charge in [0.2, 0.25) is 0 Å². The highest BCUT2D eigenvalue weighted by Crippen LogP contribution is 2.23. The monoisotopic (exact) mass is 383 g/mol. The summed E-state index contributed by atoms with van der Waals surface area (Å²) in [6, 6.07) is 16.5. The molecule has 144 valence electrons. The Balaban J connectivity index is 0.00000145. The maximum atomic E-state index is 11.7. The van der Waals surface area contributed by atoms with Gasteiger partial charge >= 0.3 is 0 Å². The third-order valence-electron chi connectivity index (χ3n) is 3.98. The second-order valence-electron chi connectivity index (χ2n) is 5.74. The standard InChI is InChI=1S/C22H15N3O2.C2H6/c1-2-13-24-19-7-5-17(6-8-19)18(15-23)14-16-3-9-20(10-4-16)25-21(26)11-12-22(25)27;1-2/h1,3-12,14,24H,13H2;1-2H3/b18-14+;. The van der Waals surface area contributed by atoms with Gasteiger partial charge in [-0.25, -0.2) is 4.90 Å². The van der Waals surface area contributed by atoms with Crippen molar-refractivity contribution < 1.29 is 9.59 Å². The van der Waals surface area contributed by atoms with Crippen LogP contribution in [0.5, 0.6) is 0 Å². The molecule has 1 heterocycles. The van der Waals surface area contributed by atoms with E-state index in [1.807, 2.05) is 38.1 Å². The van der Waals surface area contributed by atoms with Crippen molar-refractivity contribution in [3.05, 3.63) is 71.8 Å². The number of hydrogen-bond donors (Lipinski definition) is 1. The number of carbonyl (C=O) groups excluding carboxylic acids is 2. The highest BCUT2D eigenvalue weighted by molar-refractivity contribution is 6.28. The van der Waals surface area contributed by atoms with E-state index in [0.29, 0.717) is 17.8 Å². The molecule has 2 aromatic carbocycles. The van der Waals surface area contributed by atoms with Crippen LogP contribution in [0.1, 0.15) is 25.0 Å². The summed E-state index contributed by atoms with van der Waals surface area (Å²) >= 11 is 0. The normalized spacial score (nSPS) is 12.7. The molecule has 3 rings (SSSR count). The Labute approximate surface area is 171 Å². The molecule has 5 nitrogen and oxygen atoms in total. The van der Waals surface area contributed by atoms with Crippen molar-refractivity contribution in [2.75, 3.05) is 16.8 Å². The molecule has 1 N–H and O–H groups in total. The smallest absolute Gasteiger partial charge is 0.258 e. The lowest BCUT2D eigenvalue weighted by Gasteiger charge is -2.13. The zero-order valence-corrected chi connectivity index (χ0v) is 16.3. The maximum Gasteiger partial charge on any atom is 0.258 e. The van der Waals surface area contributed by atoms with E-state index in [-0.39, 0.29) is 11.8 Å². The molecule has 0 aromatic heterocycles. The number of allylic oxidation sites excluding steroid dienone is 1. The second-order valence-corrected chi connectivity index (χ2v) is 5.74. The first-order valence-corrected chi connectivity index (χ1v) is 9.18. The predicted octanol–water partition coefficient (Wildman–Crippen LogP) is 4.25. The number of nitrogens with one attached hydrogen (secondary N) is 1. The first kappa shape index (κ1) is 21.2. The van der Waals surface area contributed by atoms with Crippen LogP contribution in [0, 0.1) is 23.7 Å². The SMILES string of the molecule is C#CCNc1ccc(/C(C#N)=C/c2ccc(N3C(=O)C=CC3=O)cc2)cc1.CC. The summed E-state index contributed by atoms with van der Waals surface area (Å²) in [5, 5.41) is 12.5. The van der Waals surface area contributed by atoms with Crippen LogP contribution < -0.4 is 10.2 Å². The third-order valence-corrected chi connectivity index (χ3v) is 3.98. The molecule has 0 aliphatic carbocycles. The molecule has 0 saturated heterocycles. The zero-order valence-electron chi connectivity index (χ0n) is 16.3. The van der Waals surface area contributed by atoms with Gasteiger partial charge in [-0.05, 0) is 41.5 Å². The average molecular weight is 383 g/mol. The highest BCUT2D eigenvalue weighted by Gasteiger charge is 2.24. The minimum atomic E-state index is -0.362. The van der Waals surface area contributed by atoms with E-state index < -0.39 is 0 Å². The third kappa shape index (κ3) is 5.22. The van der Waals surface area contributed by atoms with E-state index in [1.54, 1.807) is 30.3 Å². The van der Waals surface area contributed by atoms with Crippen molar-refractivity contribution >= 4 is 34.8 Å². The first-order chi connectivity index (χ1) is 14.1. The van der Waals surface area contributed by atoms with Crippen LogP contribution in [0.3, 0.4) is 0 Å². The molecule has 5 heteroatoms. The molecule has 0 radical (unpaired) electrons. The summed E-state index contributed by atoms with van der Waals surface area (Å²) in [5.41, 5.74) is 3.45. The minimum absolute atomic E-state index is 0.362. The van der Waals surface area contributed by atoms with Gasteiger partial charge in [-0.3, -0.25) is 9.59 Å². The number of imide groups is 1.